The number of nitrogens with one attached hydrogen (secondary N) is 1. The first-order valence-electron chi connectivity index (χ1n) is 15.7. The number of amides is 1. The molecule has 0 saturated carbocycles. The molecule has 0 radical (unpaired) electrons. The first-order valence-corrected chi connectivity index (χ1v) is 17.1. The molecule has 278 valence electrons. The van der Waals surface area contributed by atoms with Gasteiger partial charge in [0.25, 0.3) is 22.2 Å². The highest BCUT2D eigenvalue weighted by molar-refractivity contribution is 7.90. The third-order valence-corrected chi connectivity index (χ3v) is 8.55. The predicted molar refractivity (Wildman–Crippen MR) is 180 cm³/mol. The lowest BCUT2D eigenvalue weighted by molar-refractivity contribution is -0.712. The molecule has 14 nitrogen and oxygen atoms in total. The topological polar surface area (TPSA) is 167 Å². The number of nitrogens with zero attached hydrogens (tertiary/aromatic N) is 5. The van der Waals surface area contributed by atoms with E-state index in [2.05, 4.69) is 10.4 Å². The molecule has 2 atom stereocenters. The van der Waals surface area contributed by atoms with Gasteiger partial charge in [-0.2, -0.15) is 18.3 Å². The van der Waals surface area contributed by atoms with Gasteiger partial charge in [-0.1, -0.05) is 60.2 Å². The van der Waals surface area contributed by atoms with Gasteiger partial charge in [-0.25, -0.2) is 22.6 Å². The predicted octanol–water partition coefficient (Wildman–Crippen LogP) is 6.32. The SMILES string of the molecule is Cc1ccc(-c2cc(C(F)(F)F)nn2-c2ccc(S(=O)(=O)NC(=O)[C@H](Cc3ccccc3)N(C)[N+]([O-])=NOC(C)OC(=O)OC(C)(C)C)cc2)cc1. The van der Waals surface area contributed by atoms with Gasteiger partial charge in [-0.05, 0) is 63.6 Å². The van der Waals surface area contributed by atoms with Gasteiger partial charge in [0.2, 0.25) is 5.28 Å². The second-order valence-electron chi connectivity index (χ2n) is 12.5. The lowest BCUT2D eigenvalue weighted by Gasteiger charge is -2.23. The van der Waals surface area contributed by atoms with Crippen LogP contribution in [0.5, 0.6) is 0 Å². The number of sulfonamides is 1. The maximum Gasteiger partial charge on any atom is 0.511 e. The average molecular weight is 747 g/mol. The highest BCUT2D eigenvalue weighted by Gasteiger charge is 2.36. The number of carbonyl (C=O) groups excluding carboxylic acids is 2. The van der Waals surface area contributed by atoms with Crippen LogP contribution in [0.25, 0.3) is 16.9 Å². The van der Waals surface area contributed by atoms with Gasteiger partial charge >= 0.3 is 12.3 Å². The van der Waals surface area contributed by atoms with Crippen LogP contribution in [0.1, 0.15) is 44.5 Å². The van der Waals surface area contributed by atoms with Crippen molar-refractivity contribution in [3.05, 3.63) is 107 Å². The number of hydrogen-bond acceptors (Lipinski definition) is 10. The van der Waals surface area contributed by atoms with Gasteiger partial charge in [-0.15, -0.1) is 5.01 Å². The fourth-order valence-corrected chi connectivity index (χ4v) is 5.63. The van der Waals surface area contributed by atoms with E-state index in [9.17, 15) is 36.4 Å². The minimum absolute atomic E-state index is 0.116. The Morgan fingerprint density at radius 3 is 2.21 bits per heavy atom. The van der Waals surface area contributed by atoms with Crippen LogP contribution in [-0.4, -0.2) is 65.2 Å². The van der Waals surface area contributed by atoms with Gasteiger partial charge in [0.05, 0.1) is 28.3 Å². The molecule has 0 spiro atoms. The fraction of sp³-hybridized carbons (Fsp3) is 0.324. The third-order valence-electron chi connectivity index (χ3n) is 7.19. The normalized spacial score (nSPS) is 13.5. The van der Waals surface area contributed by atoms with E-state index in [1.165, 1.54) is 26.1 Å². The molecule has 1 aromatic heterocycles. The van der Waals surface area contributed by atoms with Crippen molar-refractivity contribution in [2.24, 2.45) is 5.28 Å². The van der Waals surface area contributed by atoms with E-state index >= 15 is 0 Å². The summed E-state index contributed by atoms with van der Waals surface area (Å²) in [5, 5.41) is 20.7. The Morgan fingerprint density at radius 2 is 1.63 bits per heavy atom. The Hall–Kier alpha value is -5.65. The molecule has 0 saturated heterocycles. The van der Waals surface area contributed by atoms with E-state index in [-0.39, 0.29) is 22.8 Å². The molecular weight excluding hydrogens is 709 g/mol. The molecule has 1 amide bonds. The standard InChI is InChI=1S/C34H37F3N6O8S/c1-22-12-14-25(15-13-22)28-21-30(34(35,36)37)38-42(28)26-16-18-27(19-17-26)52(47,48)39-31(44)29(20-24-10-8-7-9-11-24)41(6)43(46)40-51-23(2)49-32(45)50-33(3,4)5/h7-19,21,23,29H,20H2,1-6H3,(H,39,44)/t23?,29-/m0/s1. The van der Waals surface area contributed by atoms with Crippen LogP contribution in [0, 0.1) is 12.1 Å². The van der Waals surface area contributed by atoms with E-state index in [0.717, 1.165) is 33.5 Å². The zero-order valence-electron chi connectivity index (χ0n) is 29.0. The zero-order chi connectivity index (χ0) is 38.4. The van der Waals surface area contributed by atoms with E-state index in [1.54, 1.807) is 75.4 Å². The molecule has 1 heterocycles. The fourth-order valence-electron chi connectivity index (χ4n) is 4.62. The summed E-state index contributed by atoms with van der Waals surface area (Å²) in [4.78, 5) is 29.8. The largest absolute Gasteiger partial charge is 0.569 e. The van der Waals surface area contributed by atoms with Crippen molar-refractivity contribution < 1.29 is 50.5 Å². The van der Waals surface area contributed by atoms with Crippen LogP contribution in [0.4, 0.5) is 18.0 Å². The van der Waals surface area contributed by atoms with Crippen LogP contribution >= 0.6 is 0 Å². The molecule has 1 N–H and O–H groups in total. The van der Waals surface area contributed by atoms with Crippen LogP contribution in [-0.2, 0) is 41.7 Å². The Kier molecular flexibility index (Phi) is 11.8. The quantitative estimate of drug-likeness (QED) is 0.0570. The number of aryl methyl sites for hydroxylation is 1. The third kappa shape index (κ3) is 10.4. The second-order valence-corrected chi connectivity index (χ2v) is 14.2. The van der Waals surface area contributed by atoms with Gasteiger partial charge < -0.3 is 14.7 Å². The van der Waals surface area contributed by atoms with Crippen molar-refractivity contribution >= 4 is 22.1 Å². The van der Waals surface area contributed by atoms with Crippen molar-refractivity contribution in [3.63, 3.8) is 0 Å². The highest BCUT2D eigenvalue weighted by atomic mass is 32.2. The average Bonchev–Trinajstić information content (AvgIpc) is 3.52. The summed E-state index contributed by atoms with van der Waals surface area (Å²) < 4.78 is 80.6. The van der Waals surface area contributed by atoms with Gasteiger partial charge in [-0.3, -0.25) is 9.63 Å². The molecule has 52 heavy (non-hydrogen) atoms. The number of carbonyl (C=O) groups is 2. The van der Waals surface area contributed by atoms with Crippen LogP contribution in [0.3, 0.4) is 0 Å². The number of benzene rings is 3. The number of ether oxygens (including phenoxy) is 2. The van der Waals surface area contributed by atoms with Gasteiger partial charge in [0.1, 0.15) is 5.60 Å². The van der Waals surface area contributed by atoms with Gasteiger partial charge in [0.15, 0.2) is 11.7 Å². The first kappa shape index (κ1) is 39.1. The molecule has 0 aliphatic rings. The number of rotatable bonds is 12. The number of alkyl halides is 3. The van der Waals surface area contributed by atoms with Crippen LogP contribution in [0.15, 0.2) is 95.1 Å². The summed E-state index contributed by atoms with van der Waals surface area (Å²) >= 11 is 0. The number of aromatic nitrogens is 2. The van der Waals surface area contributed by atoms with E-state index in [1.807, 2.05) is 11.6 Å². The molecule has 0 fully saturated rings. The Bertz CT molecular complexity index is 2000. The maximum atomic E-state index is 13.6. The van der Waals surface area contributed by atoms with E-state index < -0.39 is 56.8 Å². The Morgan fingerprint density at radius 1 is 1.02 bits per heavy atom. The number of hydrogen-bond donors (Lipinski definition) is 1. The van der Waals surface area contributed by atoms with Gasteiger partial charge in [0, 0.05) is 18.9 Å². The molecule has 0 aliphatic carbocycles. The van der Waals surface area contributed by atoms with Crippen molar-refractivity contribution in [2.75, 3.05) is 7.05 Å². The van der Waals surface area contributed by atoms with Crippen molar-refractivity contribution in [1.29, 1.82) is 0 Å². The summed E-state index contributed by atoms with van der Waals surface area (Å²) in [6.07, 6.45) is -7.35. The summed E-state index contributed by atoms with van der Waals surface area (Å²) in [7, 11) is -3.42. The van der Waals surface area contributed by atoms with Crippen molar-refractivity contribution in [2.45, 2.75) is 70.0 Å². The summed E-state index contributed by atoms with van der Waals surface area (Å²) in [5.41, 5.74) is 0.136. The molecule has 0 bridgehead atoms. The summed E-state index contributed by atoms with van der Waals surface area (Å²) in [6.45, 7) is 7.94. The lowest BCUT2D eigenvalue weighted by atomic mass is 10.1. The van der Waals surface area contributed by atoms with Crippen molar-refractivity contribution in [3.8, 4) is 16.9 Å². The minimum Gasteiger partial charge on any atom is -0.569 e. The Balaban J connectivity index is 1.56. The minimum atomic E-state index is -4.74. The zero-order valence-corrected chi connectivity index (χ0v) is 29.8. The number of hydrazine groups is 1. The maximum absolute atomic E-state index is 13.6. The molecule has 4 rings (SSSR count). The van der Waals surface area contributed by atoms with E-state index in [0.29, 0.717) is 11.1 Å². The van der Waals surface area contributed by atoms with Crippen LogP contribution < -0.4 is 4.72 Å². The van der Waals surface area contributed by atoms with Crippen molar-refractivity contribution in [1.82, 2.24) is 19.5 Å². The second kappa shape index (κ2) is 15.7. The molecule has 18 heteroatoms. The summed E-state index contributed by atoms with van der Waals surface area (Å²) in [5.74, 6) is -1.12. The summed E-state index contributed by atoms with van der Waals surface area (Å²) in [6, 6.07) is 19.3. The van der Waals surface area contributed by atoms with Crippen LogP contribution in [0.2, 0.25) is 0 Å². The molecular formula is C34H37F3N6O8S. The highest BCUT2D eigenvalue weighted by Crippen LogP contribution is 2.33. The molecule has 3 aromatic carbocycles. The lowest BCUT2D eigenvalue weighted by Crippen LogP contribution is -2.50. The van der Waals surface area contributed by atoms with E-state index in [4.69, 9.17) is 14.3 Å². The number of halogens is 3. The Labute approximate surface area is 298 Å². The molecule has 0 aliphatic heterocycles. The molecule has 4 aromatic rings. The number of likely N-dealkylation sites (N-methyl/N-ethyl adjacent to an activating group) is 1. The molecule has 1 unspecified atom stereocenters. The smallest absolute Gasteiger partial charge is 0.511 e. The first-order chi connectivity index (χ1) is 24.2. The monoisotopic (exact) mass is 746 g/mol.